The van der Waals surface area contributed by atoms with E-state index >= 15 is 0 Å². The van der Waals surface area contributed by atoms with Gasteiger partial charge < -0.3 is 4.98 Å². The smallest absolute Gasteiger partial charge is 0.269 e. The van der Waals surface area contributed by atoms with Crippen molar-refractivity contribution in [2.24, 2.45) is 4.99 Å². The molecule has 0 bridgehead atoms. The maximum atomic E-state index is 10.7. The van der Waals surface area contributed by atoms with Crippen LogP contribution >= 0.6 is 0 Å². The first-order valence-electron chi connectivity index (χ1n) is 7.88. The fourth-order valence-corrected chi connectivity index (χ4v) is 2.56. The molecule has 2 aromatic carbocycles. The summed E-state index contributed by atoms with van der Waals surface area (Å²) in [4.78, 5) is 26.5. The maximum absolute atomic E-state index is 10.7. The molecule has 0 atom stereocenters. The first kappa shape index (κ1) is 15.6. The largest absolute Gasteiger partial charge is 0.338 e. The van der Waals surface area contributed by atoms with Gasteiger partial charge in [-0.1, -0.05) is 0 Å². The van der Waals surface area contributed by atoms with Crippen molar-refractivity contribution in [3.8, 4) is 11.4 Å². The fourth-order valence-electron chi connectivity index (χ4n) is 2.56. The van der Waals surface area contributed by atoms with Crippen LogP contribution in [-0.4, -0.2) is 26.1 Å². The molecule has 1 N–H and O–H groups in total. The molecule has 126 valence electrons. The van der Waals surface area contributed by atoms with Crippen LogP contribution in [0.3, 0.4) is 0 Å². The van der Waals surface area contributed by atoms with Gasteiger partial charge in [-0.3, -0.25) is 20.1 Å². The van der Waals surface area contributed by atoms with Gasteiger partial charge in [0.25, 0.3) is 5.69 Å². The second-order valence-corrected chi connectivity index (χ2v) is 5.63. The van der Waals surface area contributed by atoms with Crippen LogP contribution in [0.4, 0.5) is 11.4 Å². The normalized spacial score (nSPS) is 11.2. The third-order valence-corrected chi connectivity index (χ3v) is 3.89. The Morgan fingerprint density at radius 3 is 2.54 bits per heavy atom. The van der Waals surface area contributed by atoms with Crippen LogP contribution in [-0.2, 0) is 0 Å². The Balaban J connectivity index is 1.60. The zero-order valence-electron chi connectivity index (χ0n) is 13.5. The van der Waals surface area contributed by atoms with E-state index < -0.39 is 4.92 Å². The van der Waals surface area contributed by atoms with E-state index in [0.717, 1.165) is 33.7 Å². The summed E-state index contributed by atoms with van der Waals surface area (Å²) in [5, 5.41) is 10.7. The molecule has 0 aliphatic heterocycles. The lowest BCUT2D eigenvalue weighted by Gasteiger charge is -1.95. The van der Waals surface area contributed by atoms with Gasteiger partial charge in [-0.2, -0.15) is 0 Å². The number of aromatic nitrogens is 3. The number of rotatable bonds is 4. The molecule has 0 amide bonds. The van der Waals surface area contributed by atoms with Gasteiger partial charge in [0, 0.05) is 36.3 Å². The molecule has 0 fully saturated rings. The van der Waals surface area contributed by atoms with E-state index in [1.807, 2.05) is 30.3 Å². The number of nitrogens with one attached hydrogen (secondary N) is 1. The number of aromatic amines is 1. The standard InChI is InChI=1S/C19H13N5O2/c25-24(26)16-4-1-13(2-5-16)12-21-15-3-6-17-18(11-15)23-19(22-17)14-7-9-20-10-8-14/h1-12H,(H,22,23). The molecule has 26 heavy (non-hydrogen) atoms. The van der Waals surface area contributed by atoms with Crippen LogP contribution in [0.1, 0.15) is 5.56 Å². The molecule has 0 radical (unpaired) electrons. The van der Waals surface area contributed by atoms with Crippen LogP contribution in [0.2, 0.25) is 0 Å². The van der Waals surface area contributed by atoms with E-state index in [1.54, 1.807) is 30.7 Å². The molecule has 2 heterocycles. The molecule has 4 aromatic rings. The van der Waals surface area contributed by atoms with E-state index in [-0.39, 0.29) is 5.69 Å². The molecule has 0 aliphatic carbocycles. The van der Waals surface area contributed by atoms with Crippen molar-refractivity contribution >= 4 is 28.6 Å². The van der Waals surface area contributed by atoms with Crippen molar-refractivity contribution in [3.63, 3.8) is 0 Å². The number of hydrogen-bond acceptors (Lipinski definition) is 5. The van der Waals surface area contributed by atoms with Crippen LogP contribution in [0.5, 0.6) is 0 Å². The number of nitrogens with zero attached hydrogens (tertiary/aromatic N) is 4. The number of imidazole rings is 1. The molecule has 2 aromatic heterocycles. The SMILES string of the molecule is O=[N+]([O-])c1ccc(C=Nc2ccc3nc(-c4ccncc4)[nH]c3c2)cc1. The maximum Gasteiger partial charge on any atom is 0.269 e. The number of nitro groups is 1. The number of H-pyrrole nitrogens is 1. The monoisotopic (exact) mass is 343 g/mol. The van der Waals surface area contributed by atoms with Crippen molar-refractivity contribution in [2.75, 3.05) is 0 Å². The summed E-state index contributed by atoms with van der Waals surface area (Å²) in [6, 6.07) is 15.7. The Morgan fingerprint density at radius 2 is 1.81 bits per heavy atom. The third-order valence-electron chi connectivity index (χ3n) is 3.89. The van der Waals surface area contributed by atoms with Crippen LogP contribution in [0.15, 0.2) is 72.0 Å². The van der Waals surface area contributed by atoms with Crippen molar-refractivity contribution in [1.29, 1.82) is 0 Å². The Kier molecular flexibility index (Phi) is 3.95. The predicted molar refractivity (Wildman–Crippen MR) is 99.7 cm³/mol. The lowest BCUT2D eigenvalue weighted by molar-refractivity contribution is -0.384. The van der Waals surface area contributed by atoms with Gasteiger partial charge in [0.15, 0.2) is 0 Å². The number of hydrogen-bond donors (Lipinski definition) is 1. The Bertz CT molecular complexity index is 1100. The van der Waals surface area contributed by atoms with Crippen LogP contribution in [0, 0.1) is 10.1 Å². The van der Waals surface area contributed by atoms with E-state index in [9.17, 15) is 10.1 Å². The van der Waals surface area contributed by atoms with Gasteiger partial charge in [0.1, 0.15) is 5.82 Å². The molecule has 4 rings (SSSR count). The summed E-state index contributed by atoms with van der Waals surface area (Å²) in [7, 11) is 0. The molecule has 0 aliphatic rings. The molecule has 0 saturated carbocycles. The van der Waals surface area contributed by atoms with Crippen molar-refractivity contribution in [2.45, 2.75) is 0 Å². The Morgan fingerprint density at radius 1 is 1.04 bits per heavy atom. The van der Waals surface area contributed by atoms with Gasteiger partial charge in [-0.15, -0.1) is 0 Å². The first-order chi connectivity index (χ1) is 12.7. The van der Waals surface area contributed by atoms with Crippen LogP contribution in [0.25, 0.3) is 22.4 Å². The van der Waals surface area contributed by atoms with Gasteiger partial charge in [0.05, 0.1) is 21.6 Å². The third kappa shape index (κ3) is 3.18. The Hall–Kier alpha value is -3.87. The molecular formula is C19H13N5O2. The van der Waals surface area contributed by atoms with Crippen molar-refractivity contribution in [3.05, 3.63) is 82.7 Å². The molecule has 0 spiro atoms. The lowest BCUT2D eigenvalue weighted by atomic mass is 10.2. The fraction of sp³-hybridized carbons (Fsp3) is 0. The van der Waals surface area contributed by atoms with E-state index in [2.05, 4.69) is 19.9 Å². The molecule has 0 unspecified atom stereocenters. The van der Waals surface area contributed by atoms with Gasteiger partial charge >= 0.3 is 0 Å². The number of benzene rings is 2. The molecule has 0 saturated heterocycles. The second kappa shape index (κ2) is 6.56. The molecule has 7 nitrogen and oxygen atoms in total. The quantitative estimate of drug-likeness (QED) is 0.340. The summed E-state index contributed by atoms with van der Waals surface area (Å²) in [6.07, 6.45) is 5.12. The zero-order valence-corrected chi connectivity index (χ0v) is 13.5. The summed E-state index contributed by atoms with van der Waals surface area (Å²) in [6.45, 7) is 0. The predicted octanol–water partition coefficient (Wildman–Crippen LogP) is 4.28. The average Bonchev–Trinajstić information content (AvgIpc) is 3.11. The highest BCUT2D eigenvalue weighted by Crippen LogP contribution is 2.23. The Labute approximate surface area is 148 Å². The topological polar surface area (TPSA) is 97.1 Å². The number of pyridine rings is 1. The highest BCUT2D eigenvalue weighted by Gasteiger charge is 2.06. The van der Waals surface area contributed by atoms with E-state index in [4.69, 9.17) is 0 Å². The minimum absolute atomic E-state index is 0.0599. The highest BCUT2D eigenvalue weighted by molar-refractivity contribution is 5.86. The van der Waals surface area contributed by atoms with Crippen molar-refractivity contribution in [1.82, 2.24) is 15.0 Å². The zero-order chi connectivity index (χ0) is 17.9. The average molecular weight is 343 g/mol. The second-order valence-electron chi connectivity index (χ2n) is 5.63. The van der Waals surface area contributed by atoms with Gasteiger partial charge in [-0.25, -0.2) is 4.98 Å². The number of aliphatic imine (C=N–C) groups is 1. The minimum atomic E-state index is -0.423. The minimum Gasteiger partial charge on any atom is -0.338 e. The lowest BCUT2D eigenvalue weighted by Crippen LogP contribution is -1.88. The summed E-state index contributed by atoms with van der Waals surface area (Å²) in [5.74, 6) is 0.777. The highest BCUT2D eigenvalue weighted by atomic mass is 16.6. The summed E-state index contributed by atoms with van der Waals surface area (Å²) < 4.78 is 0. The number of nitro benzene ring substituents is 1. The van der Waals surface area contributed by atoms with Gasteiger partial charge in [-0.05, 0) is 48.0 Å². The summed E-state index contributed by atoms with van der Waals surface area (Å²) >= 11 is 0. The number of fused-ring (bicyclic) bond motifs is 1. The van der Waals surface area contributed by atoms with Crippen LogP contribution < -0.4 is 0 Å². The van der Waals surface area contributed by atoms with E-state index in [0.29, 0.717) is 0 Å². The number of non-ortho nitro benzene ring substituents is 1. The first-order valence-corrected chi connectivity index (χ1v) is 7.88. The summed E-state index contributed by atoms with van der Waals surface area (Å²) in [5.41, 5.74) is 4.32. The van der Waals surface area contributed by atoms with Crippen molar-refractivity contribution < 1.29 is 4.92 Å². The van der Waals surface area contributed by atoms with Gasteiger partial charge in [0.2, 0.25) is 0 Å². The van der Waals surface area contributed by atoms with E-state index in [1.165, 1.54) is 12.1 Å². The molecule has 7 heteroatoms. The molecular weight excluding hydrogens is 330 g/mol.